The molecule has 2 aliphatic heterocycles. The van der Waals surface area contributed by atoms with Crippen LogP contribution in [0.25, 0.3) is 12.2 Å². The van der Waals surface area contributed by atoms with E-state index in [9.17, 15) is 9.59 Å². The molecule has 4 rings (SSSR count). The summed E-state index contributed by atoms with van der Waals surface area (Å²) < 4.78 is 20.8. The second-order valence-electron chi connectivity index (χ2n) is 6.79. The fourth-order valence-electron chi connectivity index (χ4n) is 2.82. The third kappa shape index (κ3) is 6.24. The monoisotopic (exact) mass is 422 g/mol. The van der Waals surface area contributed by atoms with Gasteiger partial charge in [0.2, 0.25) is 13.6 Å². The van der Waals surface area contributed by atoms with Crippen LogP contribution in [0, 0.1) is 0 Å². The van der Waals surface area contributed by atoms with Crippen molar-refractivity contribution in [3.63, 3.8) is 0 Å². The molecule has 2 aromatic rings. The summed E-state index contributed by atoms with van der Waals surface area (Å²) in [4.78, 5) is 20.8. The number of carboxylic acids is 1. The van der Waals surface area contributed by atoms with Gasteiger partial charge in [-0.1, -0.05) is 29.9 Å². The molecule has 7 nitrogen and oxygen atoms in total. The summed E-state index contributed by atoms with van der Waals surface area (Å²) in [7, 11) is 0. The maximum Gasteiger partial charge on any atom is 0.328 e. The number of carboxylic acid groups (broad SMARTS) is 1. The van der Waals surface area contributed by atoms with Crippen molar-refractivity contribution < 1.29 is 33.6 Å². The van der Waals surface area contributed by atoms with Crippen LogP contribution in [-0.4, -0.2) is 30.9 Å². The average molecular weight is 422 g/mol. The summed E-state index contributed by atoms with van der Waals surface area (Å²) in [5, 5.41) is 8.50. The highest BCUT2D eigenvalue weighted by atomic mass is 16.7. The molecule has 2 heterocycles. The zero-order valence-corrected chi connectivity index (χ0v) is 17.2. The zero-order valence-electron chi connectivity index (χ0n) is 17.2. The van der Waals surface area contributed by atoms with Gasteiger partial charge in [0.1, 0.15) is 6.29 Å². The van der Waals surface area contributed by atoms with Gasteiger partial charge in [0.15, 0.2) is 23.0 Å². The number of aliphatic carboxylic acids is 1. The Labute approximate surface area is 179 Å². The van der Waals surface area contributed by atoms with E-state index in [2.05, 4.69) is 0 Å². The van der Waals surface area contributed by atoms with Crippen molar-refractivity contribution in [2.24, 2.45) is 0 Å². The first-order chi connectivity index (χ1) is 14.9. The van der Waals surface area contributed by atoms with Gasteiger partial charge < -0.3 is 24.1 Å². The van der Waals surface area contributed by atoms with Gasteiger partial charge in [-0.15, -0.1) is 0 Å². The summed E-state index contributed by atoms with van der Waals surface area (Å²) in [6.07, 6.45) is 7.16. The van der Waals surface area contributed by atoms with Gasteiger partial charge in [-0.3, -0.25) is 4.79 Å². The number of rotatable bonds is 5. The topological polar surface area (TPSA) is 91.3 Å². The van der Waals surface area contributed by atoms with E-state index in [4.69, 9.17) is 24.1 Å². The SMILES string of the molecule is C/C(C=O)=C\c1ccc2c(c1)OCO2.CC(/C=C/C(=O)O)=C\c1ccc2c(c1)OCO2. The number of hydrogen-bond acceptors (Lipinski definition) is 6. The molecule has 0 unspecified atom stereocenters. The van der Waals surface area contributed by atoms with E-state index in [0.29, 0.717) is 11.3 Å². The van der Waals surface area contributed by atoms with Crippen LogP contribution in [-0.2, 0) is 9.59 Å². The minimum absolute atomic E-state index is 0.250. The van der Waals surface area contributed by atoms with E-state index in [0.717, 1.165) is 46.3 Å². The molecular weight excluding hydrogens is 400 g/mol. The second-order valence-corrected chi connectivity index (χ2v) is 6.79. The maximum absolute atomic E-state index is 10.4. The lowest BCUT2D eigenvalue weighted by atomic mass is 10.1. The lowest BCUT2D eigenvalue weighted by molar-refractivity contribution is -0.131. The van der Waals surface area contributed by atoms with E-state index < -0.39 is 5.97 Å². The molecule has 0 saturated carbocycles. The van der Waals surface area contributed by atoms with Crippen LogP contribution in [0.5, 0.6) is 23.0 Å². The maximum atomic E-state index is 10.4. The van der Waals surface area contributed by atoms with Gasteiger partial charge in [0.05, 0.1) is 0 Å². The Morgan fingerprint density at radius 2 is 1.26 bits per heavy atom. The van der Waals surface area contributed by atoms with E-state index in [-0.39, 0.29) is 13.6 Å². The van der Waals surface area contributed by atoms with Crippen molar-refractivity contribution in [3.05, 3.63) is 70.8 Å². The first-order valence-electron chi connectivity index (χ1n) is 9.46. The lowest BCUT2D eigenvalue weighted by Gasteiger charge is -1.98. The quantitative estimate of drug-likeness (QED) is 0.432. The fraction of sp³-hybridized carbons (Fsp3) is 0.167. The Morgan fingerprint density at radius 1 is 0.774 bits per heavy atom. The minimum Gasteiger partial charge on any atom is -0.478 e. The highest BCUT2D eigenvalue weighted by Gasteiger charge is 2.13. The predicted molar refractivity (Wildman–Crippen MR) is 115 cm³/mol. The molecule has 0 saturated heterocycles. The van der Waals surface area contributed by atoms with Gasteiger partial charge >= 0.3 is 5.97 Å². The lowest BCUT2D eigenvalue weighted by Crippen LogP contribution is -1.92. The van der Waals surface area contributed by atoms with E-state index in [1.54, 1.807) is 19.1 Å². The number of hydrogen-bond donors (Lipinski definition) is 1. The van der Waals surface area contributed by atoms with Crippen molar-refractivity contribution >= 4 is 24.4 Å². The van der Waals surface area contributed by atoms with Crippen LogP contribution in [0.4, 0.5) is 0 Å². The van der Waals surface area contributed by atoms with Crippen molar-refractivity contribution in [2.45, 2.75) is 13.8 Å². The Balaban J connectivity index is 0.000000179. The third-order valence-electron chi connectivity index (χ3n) is 4.26. The zero-order chi connectivity index (χ0) is 22.2. The van der Waals surface area contributed by atoms with E-state index >= 15 is 0 Å². The molecule has 0 spiro atoms. The summed E-state index contributed by atoms with van der Waals surface area (Å²) in [6, 6.07) is 11.2. The molecule has 7 heteroatoms. The first-order valence-corrected chi connectivity index (χ1v) is 9.46. The standard InChI is InChI=1S/C13H12O4.C11H10O3/c1-9(2-5-13(14)15)6-10-3-4-11-12(7-10)17-8-16-11;1-8(6-12)4-9-2-3-10-11(5-9)14-7-13-10/h2-7H,8H2,1H3,(H,14,15);2-6H,7H2,1H3/b5-2+,9-6+;8-4+. The van der Waals surface area contributed by atoms with Crippen molar-refractivity contribution in [1.82, 2.24) is 0 Å². The van der Waals surface area contributed by atoms with Gasteiger partial charge in [0.25, 0.3) is 0 Å². The van der Waals surface area contributed by atoms with E-state index in [1.807, 2.05) is 49.4 Å². The molecule has 31 heavy (non-hydrogen) atoms. The molecule has 1 N–H and O–H groups in total. The molecule has 0 aliphatic carbocycles. The number of aldehydes is 1. The highest BCUT2D eigenvalue weighted by molar-refractivity contribution is 5.81. The predicted octanol–water partition coefficient (Wildman–Crippen LogP) is 4.48. The molecule has 160 valence electrons. The Bertz CT molecular complexity index is 1060. The van der Waals surface area contributed by atoms with Gasteiger partial charge in [-0.05, 0) is 60.9 Å². The van der Waals surface area contributed by atoms with Gasteiger partial charge in [-0.25, -0.2) is 4.79 Å². The van der Waals surface area contributed by atoms with Crippen LogP contribution in [0.2, 0.25) is 0 Å². The highest BCUT2D eigenvalue weighted by Crippen LogP contribution is 2.33. The molecule has 0 amide bonds. The van der Waals surface area contributed by atoms with Crippen molar-refractivity contribution in [2.75, 3.05) is 13.6 Å². The number of ether oxygens (including phenoxy) is 4. The Hall–Kier alpha value is -4.00. The minimum atomic E-state index is -0.955. The molecule has 0 aromatic heterocycles. The second kappa shape index (κ2) is 10.2. The number of allylic oxidation sites excluding steroid dienone is 3. The molecule has 0 bridgehead atoms. The smallest absolute Gasteiger partial charge is 0.328 e. The third-order valence-corrected chi connectivity index (χ3v) is 4.26. The number of fused-ring (bicyclic) bond motifs is 2. The normalized spacial score (nSPS) is 14.3. The largest absolute Gasteiger partial charge is 0.478 e. The summed E-state index contributed by atoms with van der Waals surface area (Å²) in [5.74, 6) is 1.99. The summed E-state index contributed by atoms with van der Waals surface area (Å²) in [6.45, 7) is 4.12. The van der Waals surface area contributed by atoms with Gasteiger partial charge in [0, 0.05) is 6.08 Å². The van der Waals surface area contributed by atoms with Crippen LogP contribution in [0.3, 0.4) is 0 Å². The average Bonchev–Trinajstić information content (AvgIpc) is 3.41. The van der Waals surface area contributed by atoms with Crippen molar-refractivity contribution in [3.8, 4) is 23.0 Å². The van der Waals surface area contributed by atoms with Crippen LogP contribution < -0.4 is 18.9 Å². The van der Waals surface area contributed by atoms with Crippen molar-refractivity contribution in [1.29, 1.82) is 0 Å². The summed E-state index contributed by atoms with van der Waals surface area (Å²) >= 11 is 0. The molecule has 0 fully saturated rings. The molecule has 0 radical (unpaired) electrons. The first kappa shape index (κ1) is 21.7. The van der Waals surface area contributed by atoms with Crippen LogP contribution in [0.1, 0.15) is 25.0 Å². The summed E-state index contributed by atoms with van der Waals surface area (Å²) in [5.41, 5.74) is 3.43. The Morgan fingerprint density at radius 3 is 1.74 bits per heavy atom. The molecular formula is C24H22O7. The van der Waals surface area contributed by atoms with Crippen LogP contribution >= 0.6 is 0 Å². The fourth-order valence-corrected chi connectivity index (χ4v) is 2.82. The number of benzene rings is 2. The van der Waals surface area contributed by atoms with Crippen LogP contribution in [0.15, 0.2) is 59.7 Å². The van der Waals surface area contributed by atoms with Gasteiger partial charge in [-0.2, -0.15) is 0 Å². The Kier molecular flexibility index (Phi) is 7.11. The number of carbonyl (C=O) groups is 2. The molecule has 2 aliphatic rings. The molecule has 2 aromatic carbocycles. The molecule has 0 atom stereocenters. The number of carbonyl (C=O) groups excluding carboxylic acids is 1. The van der Waals surface area contributed by atoms with E-state index in [1.165, 1.54) is 0 Å².